The van der Waals surface area contributed by atoms with Crippen molar-refractivity contribution in [1.29, 1.82) is 0 Å². The fraction of sp³-hybridized carbons (Fsp3) is 0.684. The fourth-order valence-electron chi connectivity index (χ4n) is 4.62. The van der Waals surface area contributed by atoms with Crippen LogP contribution in [0.1, 0.15) is 58.6 Å². The molecule has 2 amide bonds. The number of rotatable bonds is 1. The van der Waals surface area contributed by atoms with Crippen molar-refractivity contribution >= 4 is 23.2 Å². The molecule has 2 aliphatic heterocycles. The molecule has 2 saturated heterocycles. The minimum absolute atomic E-state index is 0.144. The molecule has 24 heavy (non-hydrogen) atoms. The van der Waals surface area contributed by atoms with Gasteiger partial charge < -0.3 is 9.80 Å². The average Bonchev–Trinajstić information content (AvgIpc) is 3.12. The second-order valence-corrected chi connectivity index (χ2v) is 8.84. The molecule has 4 rings (SSSR count). The second kappa shape index (κ2) is 6.17. The topological polar surface area (TPSA) is 40.6 Å². The molecule has 1 aliphatic carbocycles. The van der Waals surface area contributed by atoms with Crippen LogP contribution in [0, 0.1) is 5.41 Å². The first kappa shape index (κ1) is 16.1. The molecule has 0 radical (unpaired) electrons. The zero-order valence-corrected chi connectivity index (χ0v) is 15.3. The van der Waals surface area contributed by atoms with Crippen molar-refractivity contribution in [3.63, 3.8) is 0 Å². The predicted molar refractivity (Wildman–Crippen MR) is 95.4 cm³/mol. The molecule has 1 spiro atoms. The normalized spacial score (nSPS) is 27.5. The molecular formula is C19H26N2O2S. The molecule has 4 nitrogen and oxygen atoms in total. The summed E-state index contributed by atoms with van der Waals surface area (Å²) < 4.78 is 0. The SMILES string of the molecule is CN1CCC[C@@]2(CCN(C(=O)c3cc4c(s3)CCCCC4)C2)C1=O. The summed E-state index contributed by atoms with van der Waals surface area (Å²) in [5.74, 6) is 0.386. The Bertz CT molecular complexity index is 645. The van der Waals surface area contributed by atoms with E-state index in [-0.39, 0.29) is 17.2 Å². The summed E-state index contributed by atoms with van der Waals surface area (Å²) in [6, 6.07) is 2.13. The molecule has 5 heteroatoms. The van der Waals surface area contributed by atoms with E-state index in [2.05, 4.69) is 6.07 Å². The Morgan fingerprint density at radius 2 is 1.96 bits per heavy atom. The summed E-state index contributed by atoms with van der Waals surface area (Å²) in [5, 5.41) is 0. The molecule has 3 aliphatic rings. The number of thiophene rings is 1. The number of carbonyl (C=O) groups is 2. The molecule has 0 saturated carbocycles. The Hall–Kier alpha value is -1.36. The standard InChI is InChI=1S/C19H26N2O2S/c1-20-10-5-8-19(18(20)23)9-11-21(13-19)17(22)16-12-14-6-3-2-4-7-15(14)24-16/h12H,2-11,13H2,1H3/t19-/m0/s1. The summed E-state index contributed by atoms with van der Waals surface area (Å²) in [4.78, 5) is 31.7. The third-order valence-corrected chi connectivity index (χ3v) is 7.27. The highest BCUT2D eigenvalue weighted by molar-refractivity contribution is 7.14. The molecule has 0 aromatic carbocycles. The van der Waals surface area contributed by atoms with Gasteiger partial charge in [-0.3, -0.25) is 9.59 Å². The molecule has 1 aromatic heterocycles. The van der Waals surface area contributed by atoms with Crippen LogP contribution in [0.3, 0.4) is 0 Å². The van der Waals surface area contributed by atoms with Gasteiger partial charge in [-0.2, -0.15) is 0 Å². The fourth-order valence-corrected chi connectivity index (χ4v) is 5.84. The molecule has 1 aromatic rings. The summed E-state index contributed by atoms with van der Waals surface area (Å²) in [7, 11) is 1.89. The van der Waals surface area contributed by atoms with Gasteiger partial charge in [0.05, 0.1) is 10.3 Å². The van der Waals surface area contributed by atoms with Gasteiger partial charge in [0.15, 0.2) is 0 Å². The van der Waals surface area contributed by atoms with Crippen LogP contribution in [-0.2, 0) is 17.6 Å². The summed E-state index contributed by atoms with van der Waals surface area (Å²) in [6.07, 6.45) is 8.84. The van der Waals surface area contributed by atoms with E-state index in [9.17, 15) is 9.59 Å². The monoisotopic (exact) mass is 346 g/mol. The minimum Gasteiger partial charge on any atom is -0.345 e. The van der Waals surface area contributed by atoms with E-state index >= 15 is 0 Å². The number of hydrogen-bond donors (Lipinski definition) is 0. The Morgan fingerprint density at radius 3 is 2.83 bits per heavy atom. The Morgan fingerprint density at radius 1 is 1.12 bits per heavy atom. The van der Waals surface area contributed by atoms with Gasteiger partial charge in [0.2, 0.25) is 5.91 Å². The van der Waals surface area contributed by atoms with E-state index in [1.807, 2.05) is 16.8 Å². The van der Waals surface area contributed by atoms with E-state index < -0.39 is 0 Å². The van der Waals surface area contributed by atoms with Crippen LogP contribution >= 0.6 is 11.3 Å². The minimum atomic E-state index is -0.309. The van der Waals surface area contributed by atoms with Crippen LogP contribution in [0.4, 0.5) is 0 Å². The number of piperidine rings is 1. The van der Waals surface area contributed by atoms with Gasteiger partial charge in [-0.1, -0.05) is 6.42 Å². The maximum absolute atomic E-state index is 13.0. The number of aryl methyl sites for hydroxylation is 2. The zero-order valence-electron chi connectivity index (χ0n) is 14.5. The summed E-state index contributed by atoms with van der Waals surface area (Å²) >= 11 is 1.69. The zero-order chi connectivity index (χ0) is 16.7. The highest BCUT2D eigenvalue weighted by atomic mass is 32.1. The predicted octanol–water partition coefficient (Wildman–Crippen LogP) is 3.10. The molecule has 0 bridgehead atoms. The number of fused-ring (bicyclic) bond motifs is 1. The maximum atomic E-state index is 13.0. The summed E-state index contributed by atoms with van der Waals surface area (Å²) in [5.41, 5.74) is 1.08. The van der Waals surface area contributed by atoms with Gasteiger partial charge in [0, 0.05) is 31.6 Å². The third-order valence-electron chi connectivity index (χ3n) is 6.05. The highest BCUT2D eigenvalue weighted by Crippen LogP contribution is 2.40. The molecule has 0 N–H and O–H groups in total. The van der Waals surface area contributed by atoms with Gasteiger partial charge in [-0.25, -0.2) is 0 Å². The van der Waals surface area contributed by atoms with Crippen LogP contribution in [0.25, 0.3) is 0 Å². The van der Waals surface area contributed by atoms with Crippen LogP contribution in [-0.4, -0.2) is 48.3 Å². The maximum Gasteiger partial charge on any atom is 0.263 e. The van der Waals surface area contributed by atoms with E-state index in [4.69, 9.17) is 0 Å². The van der Waals surface area contributed by atoms with Gasteiger partial charge >= 0.3 is 0 Å². The average molecular weight is 346 g/mol. The third kappa shape index (κ3) is 2.67. The Labute approximate surface area is 147 Å². The number of hydrogen-bond acceptors (Lipinski definition) is 3. The quantitative estimate of drug-likeness (QED) is 0.733. The lowest BCUT2D eigenvalue weighted by atomic mass is 9.78. The highest BCUT2D eigenvalue weighted by Gasteiger charge is 2.48. The molecule has 130 valence electrons. The van der Waals surface area contributed by atoms with Crippen LogP contribution in [0.5, 0.6) is 0 Å². The van der Waals surface area contributed by atoms with Crippen LogP contribution < -0.4 is 0 Å². The first-order chi connectivity index (χ1) is 11.6. The van der Waals surface area contributed by atoms with Gasteiger partial charge in [0.1, 0.15) is 0 Å². The van der Waals surface area contributed by atoms with Crippen molar-refractivity contribution in [2.75, 3.05) is 26.7 Å². The number of amides is 2. The van der Waals surface area contributed by atoms with Crippen molar-refractivity contribution in [1.82, 2.24) is 9.80 Å². The smallest absolute Gasteiger partial charge is 0.263 e. The van der Waals surface area contributed by atoms with E-state index in [1.54, 1.807) is 11.3 Å². The lowest BCUT2D eigenvalue weighted by Gasteiger charge is -2.37. The van der Waals surface area contributed by atoms with Gasteiger partial charge in [-0.05, 0) is 56.6 Å². The number of likely N-dealkylation sites (tertiary alicyclic amines) is 2. The van der Waals surface area contributed by atoms with Gasteiger partial charge in [0.25, 0.3) is 5.91 Å². The van der Waals surface area contributed by atoms with E-state index in [0.717, 1.165) is 50.1 Å². The van der Waals surface area contributed by atoms with Crippen molar-refractivity contribution < 1.29 is 9.59 Å². The van der Waals surface area contributed by atoms with E-state index in [1.165, 1.54) is 29.7 Å². The van der Waals surface area contributed by atoms with Crippen LogP contribution in [0.15, 0.2) is 6.07 Å². The van der Waals surface area contributed by atoms with Crippen LogP contribution in [0.2, 0.25) is 0 Å². The van der Waals surface area contributed by atoms with E-state index in [0.29, 0.717) is 6.54 Å². The Kier molecular flexibility index (Phi) is 4.15. The van der Waals surface area contributed by atoms with Crippen molar-refractivity contribution in [3.05, 3.63) is 21.4 Å². The molecule has 3 heterocycles. The second-order valence-electron chi connectivity index (χ2n) is 7.71. The van der Waals surface area contributed by atoms with Crippen molar-refractivity contribution in [2.24, 2.45) is 5.41 Å². The first-order valence-electron chi connectivity index (χ1n) is 9.25. The molecular weight excluding hydrogens is 320 g/mol. The van der Waals surface area contributed by atoms with Gasteiger partial charge in [-0.15, -0.1) is 11.3 Å². The lowest BCUT2D eigenvalue weighted by Crippen LogP contribution is -2.48. The molecule has 2 fully saturated rings. The van der Waals surface area contributed by atoms with Crippen molar-refractivity contribution in [2.45, 2.75) is 51.4 Å². The summed E-state index contributed by atoms with van der Waals surface area (Å²) in [6.45, 7) is 2.19. The first-order valence-corrected chi connectivity index (χ1v) is 10.1. The van der Waals surface area contributed by atoms with Crippen molar-refractivity contribution in [3.8, 4) is 0 Å². The molecule has 1 atom stereocenters. The Balaban J connectivity index is 1.51. The molecule has 0 unspecified atom stereocenters. The number of carbonyl (C=O) groups excluding carboxylic acids is 2. The lowest BCUT2D eigenvalue weighted by molar-refractivity contribution is -0.143. The largest absolute Gasteiger partial charge is 0.345 e. The number of nitrogens with zero attached hydrogens (tertiary/aromatic N) is 2.